The van der Waals surface area contributed by atoms with Gasteiger partial charge >= 0.3 is 0 Å². The molecule has 0 saturated heterocycles. The summed E-state index contributed by atoms with van der Waals surface area (Å²) in [5.74, 6) is -1.95. The fraction of sp³-hybridized carbons (Fsp3) is 0.143. The highest BCUT2D eigenvalue weighted by molar-refractivity contribution is 6.33. The summed E-state index contributed by atoms with van der Waals surface area (Å²) in [6, 6.07) is 6.36. The highest BCUT2D eigenvalue weighted by Crippen LogP contribution is 2.27. The van der Waals surface area contributed by atoms with Gasteiger partial charge in [0.05, 0.1) is 10.7 Å². The van der Waals surface area contributed by atoms with E-state index in [1.165, 1.54) is 6.07 Å². The van der Waals surface area contributed by atoms with Gasteiger partial charge in [0.2, 0.25) is 0 Å². The third kappa shape index (κ3) is 3.20. The maximum Gasteiger partial charge on any atom is 0.150 e. The van der Waals surface area contributed by atoms with Crippen molar-refractivity contribution in [3.05, 3.63) is 63.9 Å². The van der Waals surface area contributed by atoms with Gasteiger partial charge in [0.1, 0.15) is 11.6 Å². The molecule has 2 aromatic carbocycles. The summed E-state index contributed by atoms with van der Waals surface area (Å²) >= 11 is 5.74. The van der Waals surface area contributed by atoms with Crippen LogP contribution in [-0.4, -0.2) is 0 Å². The van der Waals surface area contributed by atoms with Gasteiger partial charge in [-0.25, -0.2) is 13.2 Å². The van der Waals surface area contributed by atoms with E-state index in [9.17, 15) is 13.2 Å². The zero-order chi connectivity index (χ0) is 14.0. The van der Waals surface area contributed by atoms with Gasteiger partial charge < -0.3 is 5.32 Å². The molecule has 0 aliphatic rings. The summed E-state index contributed by atoms with van der Waals surface area (Å²) < 4.78 is 39.9. The van der Waals surface area contributed by atoms with Crippen molar-refractivity contribution in [3.8, 4) is 0 Å². The van der Waals surface area contributed by atoms with Crippen molar-refractivity contribution < 1.29 is 13.2 Å². The van der Waals surface area contributed by atoms with Crippen LogP contribution >= 0.6 is 11.6 Å². The fourth-order valence-electron chi connectivity index (χ4n) is 1.73. The lowest BCUT2D eigenvalue weighted by atomic mass is 10.1. The third-order valence-corrected chi connectivity index (χ3v) is 2.96. The first-order valence-corrected chi connectivity index (χ1v) is 5.98. The Labute approximate surface area is 114 Å². The summed E-state index contributed by atoms with van der Waals surface area (Å²) in [6.45, 7) is 1.89. The number of halogens is 4. The second-order valence-electron chi connectivity index (χ2n) is 4.19. The molecule has 0 radical (unpaired) electrons. The quantitative estimate of drug-likeness (QED) is 0.863. The van der Waals surface area contributed by atoms with Crippen LogP contribution in [0.5, 0.6) is 0 Å². The van der Waals surface area contributed by atoms with Crippen LogP contribution in [0.15, 0.2) is 30.3 Å². The molecule has 5 heteroatoms. The number of nitrogens with one attached hydrogen (secondary N) is 1. The second-order valence-corrected chi connectivity index (χ2v) is 4.60. The fourth-order valence-corrected chi connectivity index (χ4v) is 2.00. The Balaban J connectivity index is 2.21. The van der Waals surface area contributed by atoms with Crippen LogP contribution in [0.2, 0.25) is 5.02 Å². The molecule has 1 N–H and O–H groups in total. The van der Waals surface area contributed by atoms with E-state index in [1.807, 2.05) is 6.92 Å². The van der Waals surface area contributed by atoms with E-state index in [4.69, 9.17) is 11.6 Å². The molecule has 0 spiro atoms. The molecule has 0 unspecified atom stereocenters. The molecule has 2 rings (SSSR count). The van der Waals surface area contributed by atoms with E-state index in [0.29, 0.717) is 5.56 Å². The lowest BCUT2D eigenvalue weighted by Crippen LogP contribution is -2.05. The first-order chi connectivity index (χ1) is 8.97. The van der Waals surface area contributed by atoms with E-state index in [-0.39, 0.29) is 17.3 Å². The average Bonchev–Trinajstić information content (AvgIpc) is 2.32. The molecule has 0 atom stereocenters. The lowest BCUT2D eigenvalue weighted by molar-refractivity contribution is 0.584. The normalized spacial score (nSPS) is 10.6. The summed E-state index contributed by atoms with van der Waals surface area (Å²) in [4.78, 5) is 0. The number of aryl methyl sites for hydroxylation is 1. The molecule has 0 amide bonds. The molecule has 0 aliphatic carbocycles. The highest BCUT2D eigenvalue weighted by atomic mass is 35.5. The average molecular weight is 286 g/mol. The minimum atomic E-state index is -0.807. The monoisotopic (exact) mass is 285 g/mol. The molecule has 1 nitrogen and oxygen atoms in total. The molecule has 0 saturated carbocycles. The summed E-state index contributed by atoms with van der Waals surface area (Å²) in [6.07, 6.45) is 0. The molecular formula is C14H11ClF3N. The van der Waals surface area contributed by atoms with E-state index in [2.05, 4.69) is 5.32 Å². The molecule has 0 bridgehead atoms. The molecule has 0 fully saturated rings. The van der Waals surface area contributed by atoms with E-state index >= 15 is 0 Å². The zero-order valence-corrected chi connectivity index (χ0v) is 10.9. The number of anilines is 1. The topological polar surface area (TPSA) is 12.0 Å². The summed E-state index contributed by atoms with van der Waals surface area (Å²) in [5, 5.41) is 2.60. The molecule has 19 heavy (non-hydrogen) atoms. The Morgan fingerprint density at radius 2 is 1.79 bits per heavy atom. The van der Waals surface area contributed by atoms with Crippen molar-refractivity contribution in [1.29, 1.82) is 0 Å². The van der Waals surface area contributed by atoms with E-state index in [1.54, 1.807) is 12.1 Å². The minimum absolute atomic E-state index is 0.0380. The number of benzene rings is 2. The van der Waals surface area contributed by atoms with Crippen molar-refractivity contribution in [2.75, 3.05) is 5.32 Å². The van der Waals surface area contributed by atoms with Crippen molar-refractivity contribution in [3.63, 3.8) is 0 Å². The second kappa shape index (κ2) is 5.53. The van der Waals surface area contributed by atoms with Crippen LogP contribution in [-0.2, 0) is 6.54 Å². The number of hydrogen-bond donors (Lipinski definition) is 1. The SMILES string of the molecule is Cc1ccc(F)c(CNc2c(F)cc(F)cc2Cl)c1. The molecule has 0 aliphatic heterocycles. The van der Waals surface area contributed by atoms with Crippen molar-refractivity contribution in [2.24, 2.45) is 0 Å². The molecule has 2 aromatic rings. The van der Waals surface area contributed by atoms with E-state index < -0.39 is 17.5 Å². The molecule has 100 valence electrons. The van der Waals surface area contributed by atoms with Gasteiger partial charge in [-0.15, -0.1) is 0 Å². The predicted molar refractivity (Wildman–Crippen MR) is 69.8 cm³/mol. The highest BCUT2D eigenvalue weighted by Gasteiger charge is 2.10. The van der Waals surface area contributed by atoms with Crippen molar-refractivity contribution in [2.45, 2.75) is 13.5 Å². The summed E-state index contributed by atoms with van der Waals surface area (Å²) in [5.41, 5.74) is 1.24. The van der Waals surface area contributed by atoms with Crippen molar-refractivity contribution in [1.82, 2.24) is 0 Å². The largest absolute Gasteiger partial charge is 0.377 e. The van der Waals surface area contributed by atoms with Crippen LogP contribution in [0.25, 0.3) is 0 Å². The van der Waals surface area contributed by atoms with Gasteiger partial charge in [0.15, 0.2) is 5.82 Å². The zero-order valence-electron chi connectivity index (χ0n) is 10.1. The van der Waals surface area contributed by atoms with Gasteiger partial charge in [0, 0.05) is 18.2 Å². The molecule has 0 aromatic heterocycles. The predicted octanol–water partition coefficient (Wildman–Crippen LogP) is 4.68. The Kier molecular flexibility index (Phi) is 4.00. The van der Waals surface area contributed by atoms with Gasteiger partial charge in [-0.05, 0) is 19.1 Å². The molecule has 0 heterocycles. The van der Waals surface area contributed by atoms with Crippen LogP contribution in [0.3, 0.4) is 0 Å². The standard InChI is InChI=1S/C14H11ClF3N/c1-8-2-3-12(17)9(4-8)7-19-14-11(15)5-10(16)6-13(14)18/h2-6,19H,7H2,1H3. The molecular weight excluding hydrogens is 275 g/mol. The first kappa shape index (κ1) is 13.7. The van der Waals surface area contributed by atoms with Crippen LogP contribution in [0, 0.1) is 24.4 Å². The van der Waals surface area contributed by atoms with Gasteiger partial charge in [-0.2, -0.15) is 0 Å². The van der Waals surface area contributed by atoms with Crippen LogP contribution in [0.1, 0.15) is 11.1 Å². The van der Waals surface area contributed by atoms with Gasteiger partial charge in [-0.1, -0.05) is 29.3 Å². The lowest BCUT2D eigenvalue weighted by Gasteiger charge is -2.11. The summed E-state index contributed by atoms with van der Waals surface area (Å²) in [7, 11) is 0. The van der Waals surface area contributed by atoms with Crippen molar-refractivity contribution >= 4 is 17.3 Å². The van der Waals surface area contributed by atoms with Crippen LogP contribution in [0.4, 0.5) is 18.9 Å². The minimum Gasteiger partial charge on any atom is -0.377 e. The van der Waals surface area contributed by atoms with Crippen LogP contribution < -0.4 is 5.32 Å². The number of hydrogen-bond acceptors (Lipinski definition) is 1. The maximum absolute atomic E-state index is 13.5. The third-order valence-electron chi connectivity index (χ3n) is 2.66. The van der Waals surface area contributed by atoms with Gasteiger partial charge in [-0.3, -0.25) is 0 Å². The van der Waals surface area contributed by atoms with Gasteiger partial charge in [0.25, 0.3) is 0 Å². The Morgan fingerprint density at radius 1 is 1.05 bits per heavy atom. The smallest absolute Gasteiger partial charge is 0.150 e. The Hall–Kier alpha value is -1.68. The number of rotatable bonds is 3. The van der Waals surface area contributed by atoms with E-state index in [0.717, 1.165) is 17.7 Å². The Bertz CT molecular complexity index is 591. The maximum atomic E-state index is 13.5. The first-order valence-electron chi connectivity index (χ1n) is 5.61. The Morgan fingerprint density at radius 3 is 2.47 bits per heavy atom.